The van der Waals surface area contributed by atoms with Crippen LogP contribution in [0.4, 0.5) is 0 Å². The predicted molar refractivity (Wildman–Crippen MR) is 158 cm³/mol. The van der Waals surface area contributed by atoms with Gasteiger partial charge >= 0.3 is 5.97 Å². The van der Waals surface area contributed by atoms with Crippen LogP contribution in [-0.2, 0) is 17.8 Å². The molecule has 0 amide bonds. The van der Waals surface area contributed by atoms with Crippen LogP contribution in [0.15, 0.2) is 71.3 Å². The lowest BCUT2D eigenvalue weighted by Crippen LogP contribution is -2.09. The molecule has 2 aromatic heterocycles. The highest BCUT2D eigenvalue weighted by Crippen LogP contribution is 2.37. The Morgan fingerprint density at radius 2 is 1.68 bits per heavy atom. The van der Waals surface area contributed by atoms with Crippen molar-refractivity contribution in [3.05, 3.63) is 99.4 Å². The van der Waals surface area contributed by atoms with E-state index in [-0.39, 0.29) is 6.61 Å². The minimum Gasteiger partial charge on any atom is -0.489 e. The average Bonchev–Trinajstić information content (AvgIpc) is 3.33. The fourth-order valence-corrected chi connectivity index (χ4v) is 5.18. The molecule has 0 saturated heterocycles. The molecule has 6 nitrogen and oxygen atoms in total. The van der Waals surface area contributed by atoms with Gasteiger partial charge in [0.1, 0.15) is 23.8 Å². The van der Waals surface area contributed by atoms with Crippen molar-refractivity contribution in [2.75, 3.05) is 6.61 Å². The Kier molecular flexibility index (Phi) is 8.38. The molecular formula is C32H28Cl2N2O4. The van der Waals surface area contributed by atoms with Crippen LogP contribution in [0.2, 0.25) is 10.0 Å². The number of aromatic nitrogens is 2. The van der Waals surface area contributed by atoms with E-state index in [1.54, 1.807) is 25.1 Å². The molecule has 0 radical (unpaired) electrons. The molecule has 0 fully saturated rings. The summed E-state index contributed by atoms with van der Waals surface area (Å²) in [5.74, 6) is 1.06. The summed E-state index contributed by atoms with van der Waals surface area (Å²) < 4.78 is 17.0. The molecule has 0 unspecified atom stereocenters. The van der Waals surface area contributed by atoms with Gasteiger partial charge in [-0.15, -0.1) is 0 Å². The van der Waals surface area contributed by atoms with Crippen LogP contribution in [0.3, 0.4) is 0 Å². The topological polar surface area (TPSA) is 74.5 Å². The smallest absolute Gasteiger partial charge is 0.357 e. The van der Waals surface area contributed by atoms with Gasteiger partial charge in [0.25, 0.3) is 0 Å². The second kappa shape index (κ2) is 12.1. The van der Waals surface area contributed by atoms with Crippen LogP contribution >= 0.6 is 23.2 Å². The van der Waals surface area contributed by atoms with Gasteiger partial charge < -0.3 is 14.0 Å². The van der Waals surface area contributed by atoms with E-state index in [9.17, 15) is 4.79 Å². The molecule has 0 aliphatic heterocycles. The second-order valence-corrected chi connectivity index (χ2v) is 10.2. The molecule has 0 spiro atoms. The van der Waals surface area contributed by atoms with Crippen LogP contribution in [0, 0.1) is 6.92 Å². The number of esters is 1. The number of halogens is 2. The van der Waals surface area contributed by atoms with Crippen LogP contribution in [0.25, 0.3) is 33.3 Å². The van der Waals surface area contributed by atoms with E-state index < -0.39 is 5.97 Å². The third-order valence-electron chi connectivity index (χ3n) is 6.59. The zero-order valence-electron chi connectivity index (χ0n) is 22.5. The van der Waals surface area contributed by atoms with E-state index in [1.807, 2.05) is 49.4 Å². The van der Waals surface area contributed by atoms with E-state index in [1.165, 1.54) is 0 Å². The van der Waals surface area contributed by atoms with Crippen molar-refractivity contribution in [2.24, 2.45) is 0 Å². The van der Waals surface area contributed by atoms with Gasteiger partial charge in [0.05, 0.1) is 27.7 Å². The zero-order chi connectivity index (χ0) is 28.2. The minimum atomic E-state index is -0.406. The number of fused-ring (bicyclic) bond motifs is 1. The van der Waals surface area contributed by atoms with Gasteiger partial charge in [0.15, 0.2) is 5.69 Å². The van der Waals surface area contributed by atoms with Crippen molar-refractivity contribution >= 4 is 40.1 Å². The highest BCUT2D eigenvalue weighted by molar-refractivity contribution is 6.39. The summed E-state index contributed by atoms with van der Waals surface area (Å²) in [5, 5.41) is 6.26. The van der Waals surface area contributed by atoms with Crippen LogP contribution in [-0.4, -0.2) is 22.7 Å². The summed E-state index contributed by atoms with van der Waals surface area (Å²) in [6.07, 6.45) is 1.63. The van der Waals surface area contributed by atoms with Crippen LogP contribution in [0.1, 0.15) is 47.6 Å². The summed E-state index contributed by atoms with van der Waals surface area (Å²) in [5.41, 5.74) is 6.00. The molecule has 5 rings (SSSR count). The normalized spacial score (nSPS) is 11.1. The lowest BCUT2D eigenvalue weighted by atomic mass is 10.0. The van der Waals surface area contributed by atoms with Crippen LogP contribution < -0.4 is 4.74 Å². The van der Waals surface area contributed by atoms with Crippen molar-refractivity contribution in [3.8, 4) is 28.1 Å². The molecular weight excluding hydrogens is 547 g/mol. The Bertz CT molecular complexity index is 1660. The van der Waals surface area contributed by atoms with Gasteiger partial charge in [-0.05, 0) is 79.4 Å². The number of nitrogens with zero attached hydrogens (tertiary/aromatic N) is 2. The van der Waals surface area contributed by atoms with Crippen LogP contribution in [0.5, 0.6) is 5.75 Å². The first-order chi connectivity index (χ1) is 19.4. The monoisotopic (exact) mass is 574 g/mol. The first-order valence-corrected chi connectivity index (χ1v) is 13.9. The number of aryl methyl sites for hydroxylation is 2. The number of carbonyl (C=O) groups excluding carboxylic acids is 1. The fourth-order valence-electron chi connectivity index (χ4n) is 4.60. The maximum absolute atomic E-state index is 12.2. The third kappa shape index (κ3) is 5.69. The SMILES string of the molecule is CCCc1onc(-c2c(Cl)cccc2Cl)c1COc1ccc(-c2ccc3nc(C(=O)OCC)c(C)cc3c2)cc1. The maximum Gasteiger partial charge on any atom is 0.357 e. The molecule has 5 aromatic rings. The number of hydrogen-bond acceptors (Lipinski definition) is 6. The minimum absolute atomic E-state index is 0.263. The number of benzene rings is 3. The number of ether oxygens (including phenoxy) is 2. The summed E-state index contributed by atoms with van der Waals surface area (Å²) >= 11 is 12.9. The van der Waals surface area contributed by atoms with Gasteiger partial charge in [0, 0.05) is 17.4 Å². The zero-order valence-corrected chi connectivity index (χ0v) is 24.0. The quantitative estimate of drug-likeness (QED) is 0.164. The molecule has 0 bridgehead atoms. The van der Waals surface area contributed by atoms with Gasteiger partial charge in [0.2, 0.25) is 0 Å². The molecule has 0 saturated carbocycles. The van der Waals surface area contributed by atoms with E-state index in [2.05, 4.69) is 23.1 Å². The third-order valence-corrected chi connectivity index (χ3v) is 7.22. The molecule has 2 heterocycles. The molecule has 0 atom stereocenters. The largest absolute Gasteiger partial charge is 0.489 e. The van der Waals surface area contributed by atoms with E-state index in [0.717, 1.165) is 51.8 Å². The highest BCUT2D eigenvalue weighted by atomic mass is 35.5. The Morgan fingerprint density at radius 3 is 2.38 bits per heavy atom. The molecule has 40 heavy (non-hydrogen) atoms. The van der Waals surface area contributed by atoms with Crippen molar-refractivity contribution in [2.45, 2.75) is 40.2 Å². The highest BCUT2D eigenvalue weighted by Gasteiger charge is 2.22. The molecule has 204 valence electrons. The van der Waals surface area contributed by atoms with E-state index in [0.29, 0.717) is 39.4 Å². The average molecular weight is 575 g/mol. The Hall–Kier alpha value is -3.87. The summed E-state index contributed by atoms with van der Waals surface area (Å²) in [4.78, 5) is 16.7. The number of carbonyl (C=O) groups is 1. The van der Waals surface area contributed by atoms with Crippen molar-refractivity contribution in [3.63, 3.8) is 0 Å². The molecule has 3 aromatic carbocycles. The summed E-state index contributed by atoms with van der Waals surface area (Å²) in [6.45, 7) is 6.30. The van der Waals surface area contributed by atoms with Crippen molar-refractivity contribution in [1.29, 1.82) is 0 Å². The van der Waals surface area contributed by atoms with E-state index >= 15 is 0 Å². The Balaban J connectivity index is 1.37. The van der Waals surface area contributed by atoms with Gasteiger partial charge in [-0.2, -0.15) is 0 Å². The first-order valence-electron chi connectivity index (χ1n) is 13.1. The molecule has 0 aliphatic carbocycles. The Labute approximate surface area is 242 Å². The lowest BCUT2D eigenvalue weighted by molar-refractivity contribution is 0.0519. The number of hydrogen-bond donors (Lipinski definition) is 0. The maximum atomic E-state index is 12.2. The molecule has 0 aliphatic rings. The van der Waals surface area contributed by atoms with E-state index in [4.69, 9.17) is 37.2 Å². The van der Waals surface area contributed by atoms with Gasteiger partial charge in [-0.1, -0.05) is 59.5 Å². The van der Waals surface area contributed by atoms with Gasteiger partial charge in [-0.25, -0.2) is 9.78 Å². The fraction of sp³-hybridized carbons (Fsp3) is 0.219. The Morgan fingerprint density at radius 1 is 0.950 bits per heavy atom. The summed E-state index contributed by atoms with van der Waals surface area (Å²) in [7, 11) is 0. The van der Waals surface area contributed by atoms with Gasteiger partial charge in [-0.3, -0.25) is 0 Å². The van der Waals surface area contributed by atoms with Crippen molar-refractivity contribution < 1.29 is 18.8 Å². The molecule has 8 heteroatoms. The summed E-state index contributed by atoms with van der Waals surface area (Å²) in [6, 6.07) is 21.2. The molecule has 0 N–H and O–H groups in total. The first kappa shape index (κ1) is 27.7. The second-order valence-electron chi connectivity index (χ2n) is 9.37. The lowest BCUT2D eigenvalue weighted by Gasteiger charge is -2.11. The predicted octanol–water partition coefficient (Wildman–Crippen LogP) is 8.88. The number of pyridine rings is 1. The standard InChI is InChI=1S/C32H28Cl2N2O4/c1-4-7-28-24(31(36-40-28)29-25(33)8-6-9-26(29)34)18-39-23-13-10-20(11-14-23)21-12-15-27-22(17-21)16-19(3)30(35-27)32(37)38-5-2/h6,8-17H,4-5,7,18H2,1-3H3. The number of rotatable bonds is 9. The van der Waals surface area contributed by atoms with Crippen molar-refractivity contribution in [1.82, 2.24) is 10.1 Å².